The lowest BCUT2D eigenvalue weighted by Crippen LogP contribution is -2.34. The van der Waals surface area contributed by atoms with Crippen LogP contribution in [-0.2, 0) is 10.8 Å². The zero-order chi connectivity index (χ0) is 18.4. The van der Waals surface area contributed by atoms with Crippen LogP contribution in [-0.4, -0.2) is 14.2 Å². The molecule has 0 atom stereocenters. The molecule has 2 nitrogen and oxygen atoms in total. The Hall–Kier alpha value is -1.96. The van der Waals surface area contributed by atoms with Crippen LogP contribution in [0.15, 0.2) is 30.3 Å². The standard InChI is InChI=1S/C23H30O2/c1-15-12-19-20(23(4,5)11-10-22(19,2)3)14-18(15)17-9-8-16(24-6)13-21(17)25-7/h8-9,12-14H,10-11H2,1-7H3. The number of hydrogen-bond donors (Lipinski definition) is 0. The predicted molar refractivity (Wildman–Crippen MR) is 105 cm³/mol. The van der Waals surface area contributed by atoms with Crippen LogP contribution in [0.2, 0.25) is 0 Å². The molecule has 0 radical (unpaired) electrons. The molecular formula is C23H30O2. The van der Waals surface area contributed by atoms with Crippen molar-refractivity contribution in [2.45, 2.75) is 58.3 Å². The molecule has 0 N–H and O–H groups in total. The van der Waals surface area contributed by atoms with Gasteiger partial charge in [0.1, 0.15) is 11.5 Å². The fourth-order valence-electron chi connectivity index (χ4n) is 4.03. The van der Waals surface area contributed by atoms with Crippen LogP contribution in [0.4, 0.5) is 0 Å². The van der Waals surface area contributed by atoms with Crippen LogP contribution in [0, 0.1) is 6.92 Å². The monoisotopic (exact) mass is 338 g/mol. The largest absolute Gasteiger partial charge is 0.497 e. The SMILES string of the molecule is COc1ccc(-c2cc3c(cc2C)C(C)(C)CCC3(C)C)c(OC)c1. The van der Waals surface area contributed by atoms with Gasteiger partial charge in [-0.2, -0.15) is 0 Å². The molecule has 0 spiro atoms. The molecular weight excluding hydrogens is 308 g/mol. The zero-order valence-electron chi connectivity index (χ0n) is 16.6. The summed E-state index contributed by atoms with van der Waals surface area (Å²) in [7, 11) is 3.41. The van der Waals surface area contributed by atoms with Crippen molar-refractivity contribution < 1.29 is 9.47 Å². The van der Waals surface area contributed by atoms with Gasteiger partial charge >= 0.3 is 0 Å². The van der Waals surface area contributed by atoms with E-state index < -0.39 is 0 Å². The third kappa shape index (κ3) is 3.03. The highest BCUT2D eigenvalue weighted by Crippen LogP contribution is 2.48. The Morgan fingerprint density at radius 3 is 1.92 bits per heavy atom. The van der Waals surface area contributed by atoms with E-state index in [-0.39, 0.29) is 10.8 Å². The lowest BCUT2D eigenvalue weighted by Gasteiger charge is -2.42. The molecule has 0 heterocycles. The maximum Gasteiger partial charge on any atom is 0.130 e. The number of ether oxygens (including phenoxy) is 2. The topological polar surface area (TPSA) is 18.5 Å². The highest BCUT2D eigenvalue weighted by atomic mass is 16.5. The van der Waals surface area contributed by atoms with Gasteiger partial charge in [-0.1, -0.05) is 33.8 Å². The second kappa shape index (κ2) is 6.09. The second-order valence-corrected chi connectivity index (χ2v) is 8.55. The van der Waals surface area contributed by atoms with Gasteiger partial charge in [0.15, 0.2) is 0 Å². The summed E-state index contributed by atoms with van der Waals surface area (Å²) in [6, 6.07) is 10.9. The fraction of sp³-hybridized carbons (Fsp3) is 0.478. The molecule has 3 rings (SSSR count). The molecule has 134 valence electrons. The lowest BCUT2D eigenvalue weighted by atomic mass is 9.62. The average molecular weight is 338 g/mol. The van der Waals surface area contributed by atoms with Gasteiger partial charge in [-0.25, -0.2) is 0 Å². The Kier molecular flexibility index (Phi) is 4.35. The van der Waals surface area contributed by atoms with Crippen LogP contribution in [0.5, 0.6) is 11.5 Å². The molecule has 0 fully saturated rings. The Morgan fingerprint density at radius 2 is 1.36 bits per heavy atom. The predicted octanol–water partition coefficient (Wildman–Crippen LogP) is 6.03. The van der Waals surface area contributed by atoms with Crippen molar-refractivity contribution in [3.8, 4) is 22.6 Å². The van der Waals surface area contributed by atoms with Crippen molar-refractivity contribution in [3.05, 3.63) is 47.0 Å². The van der Waals surface area contributed by atoms with Gasteiger partial charge in [0.2, 0.25) is 0 Å². The average Bonchev–Trinajstić information content (AvgIpc) is 2.58. The molecule has 0 unspecified atom stereocenters. The number of methoxy groups -OCH3 is 2. The molecule has 0 amide bonds. The van der Waals surface area contributed by atoms with Gasteiger partial charge in [-0.05, 0) is 71.0 Å². The maximum absolute atomic E-state index is 5.65. The van der Waals surface area contributed by atoms with E-state index in [1.165, 1.54) is 35.1 Å². The Balaban J connectivity index is 2.23. The second-order valence-electron chi connectivity index (χ2n) is 8.55. The molecule has 1 aliphatic rings. The van der Waals surface area contributed by atoms with E-state index in [9.17, 15) is 0 Å². The van der Waals surface area contributed by atoms with Gasteiger partial charge in [-0.3, -0.25) is 0 Å². The van der Waals surface area contributed by atoms with E-state index in [0.29, 0.717) is 0 Å². The molecule has 0 aromatic heterocycles. The highest BCUT2D eigenvalue weighted by molar-refractivity contribution is 5.76. The first kappa shape index (κ1) is 17.8. The summed E-state index contributed by atoms with van der Waals surface area (Å²) < 4.78 is 11.0. The summed E-state index contributed by atoms with van der Waals surface area (Å²) in [6.07, 6.45) is 2.45. The van der Waals surface area contributed by atoms with E-state index in [1.807, 2.05) is 12.1 Å². The minimum absolute atomic E-state index is 0.201. The Bertz CT molecular complexity index is 800. The van der Waals surface area contributed by atoms with Crippen LogP contribution < -0.4 is 9.47 Å². The van der Waals surface area contributed by atoms with Crippen LogP contribution >= 0.6 is 0 Å². The summed E-state index contributed by atoms with van der Waals surface area (Å²) in [5.41, 5.74) is 7.09. The van der Waals surface area contributed by atoms with Crippen molar-refractivity contribution in [1.29, 1.82) is 0 Å². The lowest BCUT2D eigenvalue weighted by molar-refractivity contribution is 0.332. The molecule has 2 heteroatoms. The molecule has 25 heavy (non-hydrogen) atoms. The first-order valence-electron chi connectivity index (χ1n) is 9.07. The number of aryl methyl sites for hydroxylation is 1. The van der Waals surface area contributed by atoms with E-state index in [0.717, 1.165) is 17.1 Å². The molecule has 0 saturated heterocycles. The van der Waals surface area contributed by atoms with Gasteiger partial charge in [0.05, 0.1) is 14.2 Å². The minimum atomic E-state index is 0.201. The smallest absolute Gasteiger partial charge is 0.130 e. The fourth-order valence-corrected chi connectivity index (χ4v) is 4.03. The molecule has 0 bridgehead atoms. The van der Waals surface area contributed by atoms with Crippen molar-refractivity contribution in [2.24, 2.45) is 0 Å². The number of rotatable bonds is 3. The van der Waals surface area contributed by atoms with Crippen molar-refractivity contribution in [1.82, 2.24) is 0 Å². The minimum Gasteiger partial charge on any atom is -0.497 e. The summed E-state index contributed by atoms with van der Waals surface area (Å²) in [6.45, 7) is 11.7. The van der Waals surface area contributed by atoms with E-state index in [1.54, 1.807) is 14.2 Å². The zero-order valence-corrected chi connectivity index (χ0v) is 16.6. The van der Waals surface area contributed by atoms with Gasteiger partial charge in [0.25, 0.3) is 0 Å². The molecule has 2 aromatic carbocycles. The number of fused-ring (bicyclic) bond motifs is 1. The maximum atomic E-state index is 5.65. The van der Waals surface area contributed by atoms with E-state index in [2.05, 4.69) is 52.8 Å². The van der Waals surface area contributed by atoms with Gasteiger partial charge in [0, 0.05) is 11.6 Å². The normalized spacial score (nSPS) is 17.7. The summed E-state index contributed by atoms with van der Waals surface area (Å²) in [5.74, 6) is 1.67. The Labute approximate surface area is 152 Å². The van der Waals surface area contributed by atoms with Crippen LogP contribution in [0.1, 0.15) is 57.2 Å². The molecule has 0 aliphatic heterocycles. The van der Waals surface area contributed by atoms with Crippen molar-refractivity contribution in [2.75, 3.05) is 14.2 Å². The van der Waals surface area contributed by atoms with Crippen LogP contribution in [0.25, 0.3) is 11.1 Å². The molecule has 2 aromatic rings. The van der Waals surface area contributed by atoms with E-state index in [4.69, 9.17) is 9.47 Å². The first-order chi connectivity index (χ1) is 11.7. The summed E-state index contributed by atoms with van der Waals surface area (Å²) in [5, 5.41) is 0. The van der Waals surface area contributed by atoms with Crippen LogP contribution in [0.3, 0.4) is 0 Å². The third-order valence-electron chi connectivity index (χ3n) is 5.90. The molecule has 0 saturated carbocycles. The summed E-state index contributed by atoms with van der Waals surface area (Å²) in [4.78, 5) is 0. The van der Waals surface area contributed by atoms with Crippen molar-refractivity contribution in [3.63, 3.8) is 0 Å². The Morgan fingerprint density at radius 1 is 0.760 bits per heavy atom. The first-order valence-corrected chi connectivity index (χ1v) is 9.07. The van der Waals surface area contributed by atoms with Gasteiger partial charge in [-0.15, -0.1) is 0 Å². The quantitative estimate of drug-likeness (QED) is 0.680. The molecule has 1 aliphatic carbocycles. The summed E-state index contributed by atoms with van der Waals surface area (Å²) >= 11 is 0. The number of benzene rings is 2. The number of hydrogen-bond acceptors (Lipinski definition) is 2. The van der Waals surface area contributed by atoms with Crippen molar-refractivity contribution >= 4 is 0 Å². The third-order valence-corrected chi connectivity index (χ3v) is 5.90. The van der Waals surface area contributed by atoms with E-state index >= 15 is 0 Å². The van der Waals surface area contributed by atoms with Gasteiger partial charge < -0.3 is 9.47 Å². The highest BCUT2D eigenvalue weighted by Gasteiger charge is 2.37.